The van der Waals surface area contributed by atoms with Crippen LogP contribution >= 0.6 is 24.0 Å². The van der Waals surface area contributed by atoms with Gasteiger partial charge in [-0.2, -0.15) is 0 Å². The smallest absolute Gasteiger partial charge is 0.270 e. The predicted octanol–water partition coefficient (Wildman–Crippen LogP) is 5.83. The lowest BCUT2D eigenvalue weighted by Crippen LogP contribution is -2.27. The summed E-state index contributed by atoms with van der Waals surface area (Å²) in [5, 5.41) is 0. The van der Waals surface area contributed by atoms with Crippen LogP contribution in [-0.2, 0) is 11.4 Å². The molecule has 1 saturated heterocycles. The fourth-order valence-corrected chi connectivity index (χ4v) is 4.59. The Morgan fingerprint density at radius 2 is 1.70 bits per heavy atom. The van der Waals surface area contributed by atoms with Gasteiger partial charge in [-0.25, -0.2) is 4.39 Å². The van der Waals surface area contributed by atoms with Gasteiger partial charge in [-0.05, 0) is 42.0 Å². The van der Waals surface area contributed by atoms with Crippen LogP contribution in [0.25, 0.3) is 6.08 Å². The van der Waals surface area contributed by atoms with E-state index in [0.717, 1.165) is 5.56 Å². The second-order valence-electron chi connectivity index (χ2n) is 6.98. The third-order valence-corrected chi connectivity index (χ3v) is 6.25. The number of benzene rings is 3. The zero-order valence-corrected chi connectivity index (χ0v) is 19.5. The summed E-state index contributed by atoms with van der Waals surface area (Å²) in [5.41, 5.74) is 1.79. The van der Waals surface area contributed by atoms with Crippen molar-refractivity contribution in [3.63, 3.8) is 0 Å². The minimum Gasteiger partial charge on any atom is -0.495 e. The van der Waals surface area contributed by atoms with E-state index in [0.29, 0.717) is 37.7 Å². The molecular weight excluding hydrogens is 461 g/mol. The van der Waals surface area contributed by atoms with Gasteiger partial charge >= 0.3 is 0 Å². The number of thioether (sulfide) groups is 1. The zero-order chi connectivity index (χ0) is 23.4. The lowest BCUT2D eigenvalue weighted by atomic mass is 10.1. The number of halogens is 1. The summed E-state index contributed by atoms with van der Waals surface area (Å²) in [5.74, 6) is 0.950. The largest absolute Gasteiger partial charge is 0.495 e. The second-order valence-corrected chi connectivity index (χ2v) is 8.66. The molecule has 1 fully saturated rings. The molecule has 0 radical (unpaired) electrons. The SMILES string of the molecule is COc1cc(/C=C2/SC(=S)N(c3ccccc3OC)C2=O)ccc1OCc1ccccc1F. The maximum Gasteiger partial charge on any atom is 0.270 e. The number of rotatable bonds is 7. The highest BCUT2D eigenvalue weighted by atomic mass is 32.2. The van der Waals surface area contributed by atoms with Gasteiger partial charge in [-0.15, -0.1) is 0 Å². The van der Waals surface area contributed by atoms with Crippen molar-refractivity contribution in [2.24, 2.45) is 0 Å². The van der Waals surface area contributed by atoms with Gasteiger partial charge in [0.05, 0.1) is 24.8 Å². The summed E-state index contributed by atoms with van der Waals surface area (Å²) in [6, 6.07) is 18.9. The Balaban J connectivity index is 1.56. The molecule has 33 heavy (non-hydrogen) atoms. The van der Waals surface area contributed by atoms with Gasteiger partial charge < -0.3 is 14.2 Å². The number of hydrogen-bond donors (Lipinski definition) is 0. The van der Waals surface area contributed by atoms with E-state index in [2.05, 4.69) is 0 Å². The van der Waals surface area contributed by atoms with Gasteiger partial charge in [0.1, 0.15) is 18.2 Å². The van der Waals surface area contributed by atoms with Gasteiger partial charge in [0.25, 0.3) is 5.91 Å². The summed E-state index contributed by atoms with van der Waals surface area (Å²) >= 11 is 6.67. The molecule has 0 bridgehead atoms. The van der Waals surface area contributed by atoms with E-state index >= 15 is 0 Å². The molecule has 3 aromatic carbocycles. The van der Waals surface area contributed by atoms with Crippen molar-refractivity contribution in [3.8, 4) is 17.2 Å². The van der Waals surface area contributed by atoms with Crippen LogP contribution in [0.4, 0.5) is 10.1 Å². The fraction of sp³-hybridized carbons (Fsp3) is 0.120. The average molecular weight is 482 g/mol. The Kier molecular flexibility index (Phi) is 6.96. The maximum absolute atomic E-state index is 13.9. The molecule has 0 atom stereocenters. The van der Waals surface area contributed by atoms with Crippen LogP contribution in [0, 0.1) is 5.82 Å². The van der Waals surface area contributed by atoms with Crippen LogP contribution in [0.2, 0.25) is 0 Å². The molecule has 0 unspecified atom stereocenters. The quantitative estimate of drug-likeness (QED) is 0.313. The standard InChI is InChI=1S/C25H20FNO4S2/c1-29-20-10-6-5-9-19(20)27-24(28)23(33-25(27)32)14-16-11-12-21(22(13-16)30-2)31-15-17-7-3-4-8-18(17)26/h3-14H,15H2,1-2H3/b23-14+. The van der Waals surface area contributed by atoms with Gasteiger partial charge in [0.2, 0.25) is 0 Å². The molecule has 1 amide bonds. The molecule has 168 valence electrons. The molecule has 1 aliphatic heterocycles. The molecule has 8 heteroatoms. The Labute approximate surface area is 200 Å². The van der Waals surface area contributed by atoms with Crippen molar-refractivity contribution in [2.45, 2.75) is 6.61 Å². The highest BCUT2D eigenvalue weighted by Crippen LogP contribution is 2.40. The number of nitrogens with zero attached hydrogens (tertiary/aromatic N) is 1. The first kappa shape index (κ1) is 22.8. The number of anilines is 1. The van der Waals surface area contributed by atoms with Crippen LogP contribution in [-0.4, -0.2) is 24.4 Å². The summed E-state index contributed by atoms with van der Waals surface area (Å²) in [6.45, 7) is 0.0694. The Bertz CT molecular complexity index is 1240. The molecular formula is C25H20FNO4S2. The number of thiocarbonyl (C=S) groups is 1. The molecule has 3 aromatic rings. The van der Waals surface area contributed by atoms with E-state index in [1.807, 2.05) is 12.1 Å². The normalized spacial score (nSPS) is 14.6. The van der Waals surface area contributed by atoms with E-state index in [9.17, 15) is 9.18 Å². The van der Waals surface area contributed by atoms with E-state index in [4.69, 9.17) is 26.4 Å². The average Bonchev–Trinajstić information content (AvgIpc) is 3.11. The molecule has 0 aliphatic carbocycles. The molecule has 4 rings (SSSR count). The van der Waals surface area contributed by atoms with Crippen molar-refractivity contribution in [1.29, 1.82) is 0 Å². The third kappa shape index (κ3) is 4.86. The Morgan fingerprint density at radius 1 is 0.970 bits per heavy atom. The first-order chi connectivity index (χ1) is 16.0. The predicted molar refractivity (Wildman–Crippen MR) is 132 cm³/mol. The van der Waals surface area contributed by atoms with Gasteiger partial charge in [-0.1, -0.05) is 60.4 Å². The number of carbonyl (C=O) groups is 1. The Hall–Kier alpha value is -3.36. The van der Waals surface area contributed by atoms with Crippen molar-refractivity contribution in [2.75, 3.05) is 19.1 Å². The van der Waals surface area contributed by atoms with Crippen LogP contribution in [0.1, 0.15) is 11.1 Å². The third-order valence-electron chi connectivity index (χ3n) is 4.95. The molecule has 1 heterocycles. The lowest BCUT2D eigenvalue weighted by Gasteiger charge is -2.17. The number of methoxy groups -OCH3 is 2. The van der Waals surface area contributed by atoms with Crippen molar-refractivity contribution >= 4 is 46.0 Å². The number of ether oxygens (including phenoxy) is 3. The van der Waals surface area contributed by atoms with Crippen LogP contribution < -0.4 is 19.1 Å². The fourth-order valence-electron chi connectivity index (χ4n) is 3.31. The zero-order valence-electron chi connectivity index (χ0n) is 17.9. The minimum atomic E-state index is -0.329. The highest BCUT2D eigenvalue weighted by Gasteiger charge is 2.34. The monoisotopic (exact) mass is 481 g/mol. The molecule has 5 nitrogen and oxygen atoms in total. The molecule has 0 spiro atoms. The van der Waals surface area contributed by atoms with Crippen molar-refractivity contribution in [1.82, 2.24) is 0 Å². The van der Waals surface area contributed by atoms with E-state index < -0.39 is 0 Å². The van der Waals surface area contributed by atoms with Crippen LogP contribution in [0.15, 0.2) is 71.6 Å². The topological polar surface area (TPSA) is 48.0 Å². The number of para-hydroxylation sites is 2. The molecule has 1 aliphatic rings. The molecule has 0 N–H and O–H groups in total. The van der Waals surface area contributed by atoms with E-state index in [-0.39, 0.29) is 18.3 Å². The highest BCUT2D eigenvalue weighted by molar-refractivity contribution is 8.27. The second kappa shape index (κ2) is 10.1. The Morgan fingerprint density at radius 3 is 2.45 bits per heavy atom. The van der Waals surface area contributed by atoms with Crippen LogP contribution in [0.3, 0.4) is 0 Å². The van der Waals surface area contributed by atoms with Crippen molar-refractivity contribution in [3.05, 3.63) is 88.6 Å². The van der Waals surface area contributed by atoms with Gasteiger partial charge in [0, 0.05) is 5.56 Å². The maximum atomic E-state index is 13.9. The molecule has 0 saturated carbocycles. The summed E-state index contributed by atoms with van der Waals surface area (Å²) in [6.07, 6.45) is 1.75. The lowest BCUT2D eigenvalue weighted by molar-refractivity contribution is -0.113. The first-order valence-corrected chi connectivity index (χ1v) is 11.2. The number of carbonyl (C=O) groups excluding carboxylic acids is 1. The first-order valence-electron chi connectivity index (χ1n) is 9.97. The van der Waals surface area contributed by atoms with Gasteiger partial charge in [0.15, 0.2) is 15.8 Å². The minimum absolute atomic E-state index is 0.0694. The summed E-state index contributed by atoms with van der Waals surface area (Å²) in [7, 11) is 3.07. The summed E-state index contributed by atoms with van der Waals surface area (Å²) < 4.78 is 30.9. The van der Waals surface area contributed by atoms with Crippen molar-refractivity contribution < 1.29 is 23.4 Å². The molecule has 0 aromatic heterocycles. The van der Waals surface area contributed by atoms with E-state index in [1.165, 1.54) is 29.8 Å². The number of hydrogen-bond acceptors (Lipinski definition) is 6. The summed E-state index contributed by atoms with van der Waals surface area (Å²) in [4.78, 5) is 15.0. The van der Waals surface area contributed by atoms with E-state index in [1.54, 1.807) is 61.7 Å². The number of amides is 1. The van der Waals surface area contributed by atoms with Gasteiger partial charge in [-0.3, -0.25) is 9.69 Å². The van der Waals surface area contributed by atoms with Crippen LogP contribution in [0.5, 0.6) is 17.2 Å².